The van der Waals surface area contributed by atoms with E-state index in [2.05, 4.69) is 22.6 Å². The van der Waals surface area contributed by atoms with Crippen molar-refractivity contribution in [3.63, 3.8) is 0 Å². The van der Waals surface area contributed by atoms with Gasteiger partial charge in [0.2, 0.25) is 0 Å². The van der Waals surface area contributed by atoms with Gasteiger partial charge in [-0.1, -0.05) is 13.2 Å². The van der Waals surface area contributed by atoms with Gasteiger partial charge in [-0.3, -0.25) is 0 Å². The van der Waals surface area contributed by atoms with E-state index in [1.54, 1.807) is 0 Å². The Balaban J connectivity index is -0.000000372. The second-order valence-corrected chi connectivity index (χ2v) is 7.40. The molecule has 0 fully saturated rings. The average molecular weight is 426 g/mol. The zero-order valence-corrected chi connectivity index (χ0v) is 17.7. The van der Waals surface area contributed by atoms with Gasteiger partial charge in [-0.2, -0.15) is 0 Å². The Labute approximate surface area is 176 Å². The summed E-state index contributed by atoms with van der Waals surface area (Å²) < 4.78 is 68.8. The molecule has 0 unspecified atom stereocenters. The fourth-order valence-corrected chi connectivity index (χ4v) is 1.29. The minimum atomic E-state index is -4.30. The number of carbonyl (C=O) groups excluding carboxylic acids is 2. The number of rotatable bonds is 8. The van der Waals surface area contributed by atoms with Crippen molar-refractivity contribution in [3.8, 4) is 0 Å². The van der Waals surface area contributed by atoms with Crippen LogP contribution in [0.2, 0.25) is 0 Å². The van der Waals surface area contributed by atoms with E-state index < -0.39 is 56.9 Å². The van der Waals surface area contributed by atoms with Gasteiger partial charge in [0.1, 0.15) is 13.2 Å². The van der Waals surface area contributed by atoms with Gasteiger partial charge in [-0.05, 0) is 13.8 Å². The Morgan fingerprint density at radius 2 is 1.04 bits per heavy atom. The first-order valence-electron chi connectivity index (χ1n) is 6.18. The van der Waals surface area contributed by atoms with E-state index in [9.17, 15) is 35.5 Å². The minimum absolute atomic E-state index is 0. The minimum Gasteiger partial charge on any atom is -0.748 e. The summed E-state index contributed by atoms with van der Waals surface area (Å²) in [6.07, 6.45) is 0. The van der Waals surface area contributed by atoms with E-state index in [4.69, 9.17) is 0 Å². The van der Waals surface area contributed by atoms with Gasteiger partial charge < -0.3 is 18.6 Å². The van der Waals surface area contributed by atoms with Crippen molar-refractivity contribution in [1.29, 1.82) is 0 Å². The van der Waals surface area contributed by atoms with E-state index in [0.717, 1.165) is 0 Å². The molecule has 0 spiro atoms. The van der Waals surface area contributed by atoms with E-state index in [1.165, 1.54) is 13.8 Å². The number of carbonyl (C=O) groups is 2. The van der Waals surface area contributed by atoms with Crippen LogP contribution in [0.25, 0.3) is 0 Å². The van der Waals surface area contributed by atoms with Crippen LogP contribution >= 0.6 is 0 Å². The van der Waals surface area contributed by atoms with Crippen LogP contribution in [0.3, 0.4) is 0 Å². The molecule has 0 saturated heterocycles. The van der Waals surface area contributed by atoms with Crippen LogP contribution in [-0.4, -0.2) is 100 Å². The van der Waals surface area contributed by atoms with Gasteiger partial charge in [-0.15, -0.1) is 0 Å². The molecule has 0 rings (SSSR count). The maximum absolute atomic E-state index is 10.6. The molecule has 0 heterocycles. The molecule has 140 valence electrons. The first-order chi connectivity index (χ1) is 10.7. The molecule has 13 heteroatoms. The molecule has 0 aliphatic rings. The van der Waals surface area contributed by atoms with E-state index in [-0.39, 0.29) is 48.9 Å². The average Bonchev–Trinajstić information content (AvgIpc) is 2.35. The molecule has 10 nitrogen and oxygen atoms in total. The molecule has 0 N–H and O–H groups in total. The van der Waals surface area contributed by atoms with Gasteiger partial charge in [0.05, 0.1) is 31.7 Å². The molecule has 0 saturated carbocycles. The molecule has 0 amide bonds. The van der Waals surface area contributed by atoms with E-state index >= 15 is 0 Å². The largest absolute Gasteiger partial charge is 2.00 e. The SMILES string of the molecule is C=C(C)C(=O)OCCS(=O)(=O)[O-].C=C(C)C(=O)OCCS(=O)(=O)[O-].[Ca+2]. The summed E-state index contributed by atoms with van der Waals surface area (Å²) in [4.78, 5) is 21.2. The van der Waals surface area contributed by atoms with Crippen LogP contribution in [0.5, 0.6) is 0 Å². The number of ether oxygens (including phenoxy) is 2. The van der Waals surface area contributed by atoms with Gasteiger partial charge in [0.25, 0.3) is 0 Å². The van der Waals surface area contributed by atoms with E-state index in [0.29, 0.717) is 0 Å². The Morgan fingerprint density at radius 3 is 1.20 bits per heavy atom. The molecular formula is C12H18CaO10S2. The van der Waals surface area contributed by atoms with E-state index in [1.807, 2.05) is 0 Å². The molecule has 25 heavy (non-hydrogen) atoms. The molecule has 0 atom stereocenters. The number of esters is 2. The molecule has 0 aromatic rings. The topological polar surface area (TPSA) is 167 Å². The smallest absolute Gasteiger partial charge is 0.748 e. The van der Waals surface area contributed by atoms with Gasteiger partial charge >= 0.3 is 49.7 Å². The Kier molecular flexibility index (Phi) is 16.0. The third kappa shape index (κ3) is 23.5. The van der Waals surface area contributed by atoms with Crippen LogP contribution in [0, 0.1) is 0 Å². The maximum atomic E-state index is 10.6. The maximum Gasteiger partial charge on any atom is 2.00 e. The summed E-state index contributed by atoms with van der Waals surface area (Å²) in [5.41, 5.74) is 0.330. The summed E-state index contributed by atoms with van der Waals surface area (Å²) in [6.45, 7) is 8.55. The van der Waals surface area contributed by atoms with Crippen molar-refractivity contribution in [2.75, 3.05) is 24.7 Å². The zero-order chi connectivity index (χ0) is 19.6. The zero-order valence-electron chi connectivity index (χ0n) is 13.8. The molecule has 0 bridgehead atoms. The third-order valence-electron chi connectivity index (χ3n) is 1.83. The fourth-order valence-electron chi connectivity index (χ4n) is 0.719. The van der Waals surface area contributed by atoms with Crippen molar-refractivity contribution in [3.05, 3.63) is 24.3 Å². The second-order valence-electron chi connectivity index (χ2n) is 4.36. The summed E-state index contributed by atoms with van der Waals surface area (Å²) in [5.74, 6) is -2.80. The van der Waals surface area contributed by atoms with Gasteiger partial charge in [-0.25, -0.2) is 26.4 Å². The van der Waals surface area contributed by atoms with Crippen molar-refractivity contribution < 1.29 is 45.0 Å². The van der Waals surface area contributed by atoms with Crippen LogP contribution in [0.1, 0.15) is 13.8 Å². The van der Waals surface area contributed by atoms with Crippen molar-refractivity contribution in [1.82, 2.24) is 0 Å². The summed E-state index contributed by atoms with van der Waals surface area (Å²) in [5, 5.41) is 0. The second kappa shape index (κ2) is 13.7. The first kappa shape index (κ1) is 29.3. The van der Waals surface area contributed by atoms with Crippen LogP contribution in [0.4, 0.5) is 0 Å². The molecule has 0 radical (unpaired) electrons. The quantitative estimate of drug-likeness (QED) is 0.201. The third-order valence-corrected chi connectivity index (χ3v) is 3.16. The predicted molar refractivity (Wildman–Crippen MR) is 86.4 cm³/mol. The molecule has 0 aliphatic carbocycles. The Bertz CT molecular complexity index is 619. The Hall–Kier alpha value is -0.500. The van der Waals surface area contributed by atoms with Crippen molar-refractivity contribution >= 4 is 69.9 Å². The predicted octanol–water partition coefficient (Wildman–Crippen LogP) is -1.08. The van der Waals surface area contributed by atoms with Crippen LogP contribution in [-0.2, 0) is 39.3 Å². The molecular weight excluding hydrogens is 408 g/mol. The fraction of sp³-hybridized carbons (Fsp3) is 0.500. The van der Waals surface area contributed by atoms with Crippen molar-refractivity contribution in [2.45, 2.75) is 13.8 Å². The normalized spacial score (nSPS) is 10.4. The molecule has 0 aromatic carbocycles. The van der Waals surface area contributed by atoms with Crippen LogP contribution < -0.4 is 0 Å². The molecule has 0 aromatic heterocycles. The van der Waals surface area contributed by atoms with Crippen molar-refractivity contribution in [2.24, 2.45) is 0 Å². The number of hydrogen-bond acceptors (Lipinski definition) is 10. The standard InChI is InChI=1S/2C6H10O5S.Ca/c2*1-5(2)6(7)11-3-4-12(8,9)10;/h2*1,3-4H2,2H3,(H,8,9,10);/q;;+2/p-2. The summed E-state index contributed by atoms with van der Waals surface area (Å²) >= 11 is 0. The Morgan fingerprint density at radius 1 is 0.800 bits per heavy atom. The molecule has 0 aliphatic heterocycles. The monoisotopic (exact) mass is 426 g/mol. The summed E-state index contributed by atoms with van der Waals surface area (Å²) in [6, 6.07) is 0. The van der Waals surface area contributed by atoms with Gasteiger partial charge in [0, 0.05) is 11.1 Å². The first-order valence-corrected chi connectivity index (χ1v) is 9.33. The summed E-state index contributed by atoms with van der Waals surface area (Å²) in [7, 11) is -8.60. The van der Waals surface area contributed by atoms with Crippen LogP contribution in [0.15, 0.2) is 24.3 Å². The van der Waals surface area contributed by atoms with Gasteiger partial charge in [0.15, 0.2) is 0 Å². The number of hydrogen-bond donors (Lipinski definition) is 0.